The summed E-state index contributed by atoms with van der Waals surface area (Å²) in [6.45, 7) is 2.93. The van der Waals surface area contributed by atoms with Gasteiger partial charge in [-0.3, -0.25) is 4.79 Å². The minimum absolute atomic E-state index is 0.0180. The summed E-state index contributed by atoms with van der Waals surface area (Å²) < 4.78 is 40.1. The van der Waals surface area contributed by atoms with E-state index < -0.39 is 28.9 Å². The van der Waals surface area contributed by atoms with Crippen molar-refractivity contribution in [3.63, 3.8) is 0 Å². The summed E-state index contributed by atoms with van der Waals surface area (Å²) in [6, 6.07) is 0. The molecular weight excluding hydrogens is 371 g/mol. The lowest BCUT2D eigenvalue weighted by Crippen LogP contribution is -2.26. The molecule has 1 atom stereocenters. The molecule has 1 unspecified atom stereocenters. The highest BCUT2D eigenvalue weighted by Crippen LogP contribution is 2.38. The van der Waals surface area contributed by atoms with Gasteiger partial charge in [0.15, 0.2) is 10.8 Å². The summed E-state index contributed by atoms with van der Waals surface area (Å²) in [5.74, 6) is -0.914. The molecular formula is C13H15ClF3N3O3S. The SMILES string of the molecule is CC(=O)SCc1c(C(F)(F)F)nn(CCC2(C)CC(Cl)=NO2)c1O. The molecule has 0 aliphatic carbocycles. The number of carbonyl (C=O) groups is 1. The zero-order chi connectivity index (χ0) is 18.1. The normalized spacial score (nSPS) is 20.8. The molecule has 0 spiro atoms. The van der Waals surface area contributed by atoms with Crippen LogP contribution >= 0.6 is 23.4 Å². The van der Waals surface area contributed by atoms with E-state index in [1.54, 1.807) is 6.92 Å². The molecule has 134 valence electrons. The van der Waals surface area contributed by atoms with Crippen LogP contribution in [-0.4, -0.2) is 30.8 Å². The van der Waals surface area contributed by atoms with Crippen LogP contribution in [0.2, 0.25) is 0 Å². The first kappa shape index (κ1) is 18.9. The predicted octanol–water partition coefficient (Wildman–Crippen LogP) is 3.51. The largest absolute Gasteiger partial charge is 0.493 e. The van der Waals surface area contributed by atoms with Crippen LogP contribution in [0.25, 0.3) is 0 Å². The average Bonchev–Trinajstić information content (AvgIpc) is 2.95. The molecule has 11 heteroatoms. The highest BCUT2D eigenvalue weighted by molar-refractivity contribution is 8.12. The smallest absolute Gasteiger partial charge is 0.435 e. The van der Waals surface area contributed by atoms with Crippen LogP contribution in [0.15, 0.2) is 5.16 Å². The van der Waals surface area contributed by atoms with Crippen molar-refractivity contribution >= 4 is 33.6 Å². The number of rotatable bonds is 5. The van der Waals surface area contributed by atoms with Gasteiger partial charge in [-0.25, -0.2) is 4.68 Å². The lowest BCUT2D eigenvalue weighted by Gasteiger charge is -2.20. The summed E-state index contributed by atoms with van der Waals surface area (Å²) in [6.07, 6.45) is -4.15. The third kappa shape index (κ3) is 4.35. The zero-order valence-corrected chi connectivity index (χ0v) is 14.4. The first-order valence-corrected chi connectivity index (χ1v) is 8.28. The molecule has 0 radical (unpaired) electrons. The Morgan fingerprint density at radius 1 is 1.54 bits per heavy atom. The number of alkyl halides is 3. The monoisotopic (exact) mass is 385 g/mol. The number of nitrogens with zero attached hydrogens (tertiary/aromatic N) is 3. The number of halogens is 4. The van der Waals surface area contributed by atoms with E-state index in [0.29, 0.717) is 18.2 Å². The summed E-state index contributed by atoms with van der Waals surface area (Å²) in [5.41, 5.74) is -2.36. The molecule has 24 heavy (non-hydrogen) atoms. The van der Waals surface area contributed by atoms with Gasteiger partial charge in [-0.15, -0.1) is 0 Å². The van der Waals surface area contributed by atoms with Gasteiger partial charge in [0.25, 0.3) is 0 Å². The molecule has 0 saturated carbocycles. The van der Waals surface area contributed by atoms with Crippen molar-refractivity contribution in [3.05, 3.63) is 11.3 Å². The van der Waals surface area contributed by atoms with Crippen LogP contribution in [0, 0.1) is 0 Å². The van der Waals surface area contributed by atoms with E-state index in [-0.39, 0.29) is 29.0 Å². The van der Waals surface area contributed by atoms with E-state index in [9.17, 15) is 23.1 Å². The standard InChI is InChI=1S/C13H15ClF3N3O3S/c1-7(21)24-6-8-10(13(15,16)17)18-20(11(8)22)4-3-12(2)5-9(14)19-23-12/h22H,3-6H2,1-2H3. The number of oxime groups is 1. The van der Waals surface area contributed by atoms with Crippen LogP contribution < -0.4 is 0 Å². The van der Waals surface area contributed by atoms with Crippen LogP contribution in [0.3, 0.4) is 0 Å². The van der Waals surface area contributed by atoms with Crippen molar-refractivity contribution in [1.82, 2.24) is 9.78 Å². The molecule has 1 aromatic rings. The Bertz CT molecular complexity index is 677. The number of thioether (sulfide) groups is 1. The molecule has 0 amide bonds. The van der Waals surface area contributed by atoms with Crippen LogP contribution in [-0.2, 0) is 28.1 Å². The Kier molecular flexibility index (Phi) is 5.38. The summed E-state index contributed by atoms with van der Waals surface area (Å²) >= 11 is 6.41. The van der Waals surface area contributed by atoms with E-state index in [4.69, 9.17) is 16.4 Å². The molecule has 2 rings (SSSR count). The molecule has 1 aromatic heterocycles. The van der Waals surface area contributed by atoms with Gasteiger partial charge in [0, 0.05) is 32.1 Å². The Morgan fingerprint density at radius 3 is 2.71 bits per heavy atom. The van der Waals surface area contributed by atoms with Gasteiger partial charge in [0.2, 0.25) is 5.88 Å². The highest BCUT2D eigenvalue weighted by atomic mass is 35.5. The minimum atomic E-state index is -4.73. The first-order chi connectivity index (χ1) is 11.0. The maximum Gasteiger partial charge on any atom is 0.435 e. The van der Waals surface area contributed by atoms with Crippen LogP contribution in [0.4, 0.5) is 13.2 Å². The maximum absolute atomic E-state index is 13.1. The van der Waals surface area contributed by atoms with Gasteiger partial charge >= 0.3 is 6.18 Å². The molecule has 1 aliphatic rings. The molecule has 0 bridgehead atoms. The van der Waals surface area contributed by atoms with Crippen molar-refractivity contribution in [2.24, 2.45) is 5.16 Å². The summed E-state index contributed by atoms with van der Waals surface area (Å²) in [7, 11) is 0. The second kappa shape index (κ2) is 6.83. The van der Waals surface area contributed by atoms with Crippen molar-refractivity contribution in [2.75, 3.05) is 0 Å². The maximum atomic E-state index is 13.1. The van der Waals surface area contributed by atoms with Crippen molar-refractivity contribution in [1.29, 1.82) is 0 Å². The third-order valence-corrected chi connectivity index (χ3v) is 4.49. The topological polar surface area (TPSA) is 76.7 Å². The van der Waals surface area contributed by atoms with Crippen LogP contribution in [0.5, 0.6) is 5.88 Å². The number of aromatic hydroxyl groups is 1. The lowest BCUT2D eigenvalue weighted by atomic mass is 9.99. The quantitative estimate of drug-likeness (QED) is 0.839. The molecule has 1 aliphatic heterocycles. The van der Waals surface area contributed by atoms with Gasteiger partial charge in [-0.2, -0.15) is 18.3 Å². The van der Waals surface area contributed by atoms with Gasteiger partial charge in [-0.1, -0.05) is 28.5 Å². The molecule has 1 N–H and O–H groups in total. The van der Waals surface area contributed by atoms with Gasteiger partial charge < -0.3 is 9.94 Å². The van der Waals surface area contributed by atoms with Crippen molar-refractivity contribution in [2.45, 2.75) is 50.8 Å². The van der Waals surface area contributed by atoms with Gasteiger partial charge in [0.1, 0.15) is 10.8 Å². The Morgan fingerprint density at radius 2 is 2.21 bits per heavy atom. The molecule has 6 nitrogen and oxygen atoms in total. The number of carbonyl (C=O) groups excluding carboxylic acids is 1. The number of hydrogen-bond acceptors (Lipinski definition) is 6. The van der Waals surface area contributed by atoms with Crippen LogP contribution in [0.1, 0.15) is 37.9 Å². The fraction of sp³-hybridized carbons (Fsp3) is 0.615. The number of aryl methyl sites for hydroxylation is 1. The fourth-order valence-corrected chi connectivity index (χ4v) is 3.12. The van der Waals surface area contributed by atoms with Gasteiger partial charge in [-0.05, 0) is 6.92 Å². The molecule has 0 saturated heterocycles. The summed E-state index contributed by atoms with van der Waals surface area (Å²) in [5, 5.41) is 17.1. The van der Waals surface area contributed by atoms with Crippen molar-refractivity contribution < 1.29 is 27.9 Å². The average molecular weight is 386 g/mol. The van der Waals surface area contributed by atoms with E-state index in [1.807, 2.05) is 0 Å². The Labute approximate surface area is 145 Å². The molecule has 0 fully saturated rings. The molecule has 2 heterocycles. The fourth-order valence-electron chi connectivity index (χ4n) is 2.19. The van der Waals surface area contributed by atoms with Crippen molar-refractivity contribution in [3.8, 4) is 5.88 Å². The summed E-state index contributed by atoms with van der Waals surface area (Å²) in [4.78, 5) is 16.2. The minimum Gasteiger partial charge on any atom is -0.493 e. The Balaban J connectivity index is 2.19. The lowest BCUT2D eigenvalue weighted by molar-refractivity contribution is -0.142. The Hall–Kier alpha value is -1.42. The van der Waals surface area contributed by atoms with E-state index in [1.165, 1.54) is 6.92 Å². The molecule has 0 aromatic carbocycles. The number of hydrogen-bond donors (Lipinski definition) is 1. The highest BCUT2D eigenvalue weighted by Gasteiger charge is 2.40. The number of aromatic nitrogens is 2. The third-order valence-electron chi connectivity index (χ3n) is 3.45. The van der Waals surface area contributed by atoms with E-state index in [2.05, 4.69) is 10.3 Å². The first-order valence-electron chi connectivity index (χ1n) is 6.91. The predicted molar refractivity (Wildman–Crippen MR) is 82.9 cm³/mol. The van der Waals surface area contributed by atoms with Gasteiger partial charge in [0.05, 0.1) is 5.56 Å². The second-order valence-electron chi connectivity index (χ2n) is 5.59. The van der Waals surface area contributed by atoms with E-state index >= 15 is 0 Å². The second-order valence-corrected chi connectivity index (χ2v) is 7.18. The zero-order valence-electron chi connectivity index (χ0n) is 12.9. The van der Waals surface area contributed by atoms with E-state index in [0.717, 1.165) is 4.68 Å².